The molecule has 1 aliphatic carbocycles. The predicted octanol–water partition coefficient (Wildman–Crippen LogP) is 1.39. The smallest absolute Gasteiger partial charge is 0.255 e. The van der Waals surface area contributed by atoms with E-state index in [2.05, 4.69) is 10.1 Å². The second-order valence-corrected chi connectivity index (χ2v) is 3.19. The van der Waals surface area contributed by atoms with Gasteiger partial charge in [0.2, 0.25) is 0 Å². The summed E-state index contributed by atoms with van der Waals surface area (Å²) in [6.07, 6.45) is 2.33. The van der Waals surface area contributed by atoms with E-state index in [0.717, 1.165) is 18.7 Å². The Morgan fingerprint density at radius 1 is 1.67 bits per heavy atom. The van der Waals surface area contributed by atoms with Crippen LogP contribution in [-0.2, 0) is 0 Å². The monoisotopic (exact) mass is 168 g/mol. The molecular weight excluding hydrogens is 156 g/mol. The van der Waals surface area contributed by atoms with Gasteiger partial charge in [0.05, 0.1) is 0 Å². The number of rotatable bonds is 3. The molecule has 1 atom stereocenters. The topological polar surface area (TPSA) is 59.2 Å². The van der Waals surface area contributed by atoms with Gasteiger partial charge in [0, 0.05) is 5.92 Å². The zero-order valence-corrected chi connectivity index (χ0v) is 7.03. The molecule has 4 heteroatoms. The Kier molecular flexibility index (Phi) is 1.84. The van der Waals surface area contributed by atoms with Crippen LogP contribution in [0.5, 0.6) is 0 Å². The largest absolute Gasteiger partial charge is 0.383 e. The summed E-state index contributed by atoms with van der Waals surface area (Å²) < 4.78 is 4.91. The summed E-state index contributed by atoms with van der Waals surface area (Å²) in [4.78, 5) is 4.12. The highest BCUT2D eigenvalue weighted by atomic mass is 16.5. The van der Waals surface area contributed by atoms with Gasteiger partial charge in [-0.15, -0.1) is 0 Å². The van der Waals surface area contributed by atoms with Crippen molar-refractivity contribution in [2.24, 2.45) is 0 Å². The van der Waals surface area contributed by atoms with Crippen LogP contribution in [0.25, 0.3) is 0 Å². The molecule has 0 spiro atoms. The van der Waals surface area contributed by atoms with Crippen molar-refractivity contribution in [2.75, 3.05) is 0 Å². The van der Waals surface area contributed by atoms with Crippen LogP contribution in [0, 0.1) is 0 Å². The molecule has 0 aliphatic heterocycles. The summed E-state index contributed by atoms with van der Waals surface area (Å²) in [7, 11) is 0. The lowest BCUT2D eigenvalue weighted by atomic mass is 10.3. The second kappa shape index (κ2) is 2.86. The van der Waals surface area contributed by atoms with E-state index in [1.807, 2.05) is 6.92 Å². The highest BCUT2D eigenvalue weighted by molar-refractivity contribution is 5.03. The van der Waals surface area contributed by atoms with Crippen molar-refractivity contribution < 1.29 is 9.63 Å². The standard InChI is InChI=1S/C8H12N2O2/c1-2-6(11)8-9-7(10-12-8)5-3-4-5/h5-6,11H,2-4H2,1H3. The van der Waals surface area contributed by atoms with E-state index < -0.39 is 6.10 Å². The van der Waals surface area contributed by atoms with Gasteiger partial charge in [0.1, 0.15) is 6.10 Å². The molecule has 12 heavy (non-hydrogen) atoms. The maximum absolute atomic E-state index is 9.35. The first-order chi connectivity index (χ1) is 5.81. The van der Waals surface area contributed by atoms with Gasteiger partial charge in [0.15, 0.2) is 5.82 Å². The maximum Gasteiger partial charge on any atom is 0.255 e. The molecule has 1 heterocycles. The van der Waals surface area contributed by atoms with Crippen LogP contribution in [0.15, 0.2) is 4.52 Å². The molecule has 0 saturated heterocycles. The number of nitrogens with zero attached hydrogens (tertiary/aromatic N) is 2. The first kappa shape index (κ1) is 7.73. The average Bonchev–Trinajstić information content (AvgIpc) is 2.83. The number of aliphatic hydroxyl groups is 1. The Hall–Kier alpha value is -0.900. The van der Waals surface area contributed by atoms with Crippen LogP contribution in [0.1, 0.15) is 49.9 Å². The second-order valence-electron chi connectivity index (χ2n) is 3.19. The number of hydrogen-bond acceptors (Lipinski definition) is 4. The summed E-state index contributed by atoms with van der Waals surface area (Å²) in [5.41, 5.74) is 0. The Balaban J connectivity index is 2.12. The van der Waals surface area contributed by atoms with E-state index in [0.29, 0.717) is 18.2 Å². The third-order valence-electron chi connectivity index (χ3n) is 2.07. The molecule has 0 amide bonds. The quantitative estimate of drug-likeness (QED) is 0.740. The summed E-state index contributed by atoms with van der Waals surface area (Å²) >= 11 is 0. The van der Waals surface area contributed by atoms with Crippen LogP contribution < -0.4 is 0 Å². The van der Waals surface area contributed by atoms with E-state index >= 15 is 0 Å². The van der Waals surface area contributed by atoms with Crippen LogP contribution in [0.3, 0.4) is 0 Å². The molecule has 1 aliphatic rings. The molecule has 1 aromatic rings. The fourth-order valence-electron chi connectivity index (χ4n) is 1.06. The van der Waals surface area contributed by atoms with Gasteiger partial charge in [-0.25, -0.2) is 0 Å². The summed E-state index contributed by atoms with van der Waals surface area (Å²) in [5.74, 6) is 1.61. The van der Waals surface area contributed by atoms with Crippen molar-refractivity contribution in [3.63, 3.8) is 0 Å². The number of hydrogen-bond donors (Lipinski definition) is 1. The van der Waals surface area contributed by atoms with Crippen molar-refractivity contribution in [2.45, 2.75) is 38.2 Å². The van der Waals surface area contributed by atoms with Crippen molar-refractivity contribution in [1.29, 1.82) is 0 Å². The number of aromatic nitrogens is 2. The van der Waals surface area contributed by atoms with Gasteiger partial charge in [0.25, 0.3) is 5.89 Å². The summed E-state index contributed by atoms with van der Waals surface area (Å²) in [6, 6.07) is 0. The van der Waals surface area contributed by atoms with Gasteiger partial charge in [-0.1, -0.05) is 12.1 Å². The zero-order chi connectivity index (χ0) is 8.55. The summed E-state index contributed by atoms with van der Waals surface area (Å²) in [5, 5.41) is 13.1. The first-order valence-corrected chi connectivity index (χ1v) is 4.32. The van der Waals surface area contributed by atoms with Gasteiger partial charge >= 0.3 is 0 Å². The molecule has 1 N–H and O–H groups in total. The third kappa shape index (κ3) is 1.34. The van der Waals surface area contributed by atoms with Crippen molar-refractivity contribution in [1.82, 2.24) is 10.1 Å². The van der Waals surface area contributed by atoms with Crippen molar-refractivity contribution in [3.05, 3.63) is 11.7 Å². The predicted molar refractivity (Wildman–Crippen MR) is 41.5 cm³/mol. The zero-order valence-electron chi connectivity index (χ0n) is 7.03. The van der Waals surface area contributed by atoms with Crippen LogP contribution in [0.4, 0.5) is 0 Å². The van der Waals surface area contributed by atoms with Crippen LogP contribution >= 0.6 is 0 Å². The van der Waals surface area contributed by atoms with Crippen molar-refractivity contribution in [3.8, 4) is 0 Å². The normalized spacial score (nSPS) is 19.5. The summed E-state index contributed by atoms with van der Waals surface area (Å²) in [6.45, 7) is 1.88. The molecule has 1 saturated carbocycles. The minimum absolute atomic E-state index is 0.361. The molecule has 0 radical (unpaired) electrons. The molecule has 4 nitrogen and oxygen atoms in total. The molecule has 1 aromatic heterocycles. The van der Waals surface area contributed by atoms with Gasteiger partial charge in [-0.05, 0) is 19.3 Å². The Labute approximate surface area is 70.6 Å². The van der Waals surface area contributed by atoms with E-state index in [4.69, 9.17) is 4.52 Å². The molecule has 0 aromatic carbocycles. The Bertz CT molecular complexity index is 268. The van der Waals surface area contributed by atoms with E-state index in [9.17, 15) is 5.11 Å². The highest BCUT2D eigenvalue weighted by Gasteiger charge is 2.29. The van der Waals surface area contributed by atoms with E-state index in [1.165, 1.54) is 0 Å². The minimum atomic E-state index is -0.593. The van der Waals surface area contributed by atoms with Gasteiger partial charge in [-0.3, -0.25) is 0 Å². The fourth-order valence-corrected chi connectivity index (χ4v) is 1.06. The fraction of sp³-hybridized carbons (Fsp3) is 0.750. The molecule has 2 rings (SSSR count). The lowest BCUT2D eigenvalue weighted by molar-refractivity contribution is 0.130. The molecule has 0 bridgehead atoms. The Morgan fingerprint density at radius 2 is 2.42 bits per heavy atom. The lowest BCUT2D eigenvalue weighted by Gasteiger charge is -1.97. The van der Waals surface area contributed by atoms with Crippen molar-refractivity contribution >= 4 is 0 Å². The third-order valence-corrected chi connectivity index (χ3v) is 2.07. The maximum atomic E-state index is 9.35. The average molecular weight is 168 g/mol. The van der Waals surface area contributed by atoms with Crippen LogP contribution in [-0.4, -0.2) is 15.2 Å². The van der Waals surface area contributed by atoms with E-state index in [-0.39, 0.29) is 0 Å². The first-order valence-electron chi connectivity index (χ1n) is 4.32. The lowest BCUT2D eigenvalue weighted by Crippen LogP contribution is -1.95. The molecule has 1 unspecified atom stereocenters. The Morgan fingerprint density at radius 3 is 3.00 bits per heavy atom. The number of aliphatic hydroxyl groups excluding tert-OH is 1. The van der Waals surface area contributed by atoms with Crippen LogP contribution in [0.2, 0.25) is 0 Å². The SMILES string of the molecule is CCC(O)c1nc(C2CC2)no1. The van der Waals surface area contributed by atoms with Gasteiger partial charge in [-0.2, -0.15) is 4.98 Å². The minimum Gasteiger partial charge on any atom is -0.383 e. The molecule has 66 valence electrons. The van der Waals surface area contributed by atoms with E-state index in [1.54, 1.807) is 0 Å². The highest BCUT2D eigenvalue weighted by Crippen LogP contribution is 2.38. The molecular formula is C8H12N2O2. The van der Waals surface area contributed by atoms with Gasteiger partial charge < -0.3 is 9.63 Å². The molecule has 1 fully saturated rings.